The van der Waals surface area contributed by atoms with Crippen molar-refractivity contribution in [3.63, 3.8) is 0 Å². The molecule has 9 heteroatoms. The highest BCUT2D eigenvalue weighted by Gasteiger charge is 2.59. The number of amides is 1. The van der Waals surface area contributed by atoms with Crippen molar-refractivity contribution in [3.05, 3.63) is 32.6 Å². The summed E-state index contributed by atoms with van der Waals surface area (Å²) in [6, 6.07) is 1.86. The van der Waals surface area contributed by atoms with Gasteiger partial charge >= 0.3 is 0 Å². The van der Waals surface area contributed by atoms with Crippen LogP contribution >= 0.6 is 15.9 Å². The van der Waals surface area contributed by atoms with E-state index in [0.717, 1.165) is 48.5 Å². The van der Waals surface area contributed by atoms with Crippen molar-refractivity contribution in [1.82, 2.24) is 25.5 Å². The number of aromatic amines is 1. The van der Waals surface area contributed by atoms with Crippen molar-refractivity contribution in [1.29, 1.82) is 0 Å². The topological polar surface area (TPSA) is 104 Å². The summed E-state index contributed by atoms with van der Waals surface area (Å²) in [5.41, 5.74) is 6.17. The second-order valence-corrected chi connectivity index (χ2v) is 8.33. The molecule has 2 saturated carbocycles. The molecule has 0 saturated heterocycles. The van der Waals surface area contributed by atoms with Gasteiger partial charge in [0.1, 0.15) is 0 Å². The molecule has 2 aliphatic carbocycles. The van der Waals surface area contributed by atoms with Crippen molar-refractivity contribution >= 4 is 33.0 Å². The van der Waals surface area contributed by atoms with Crippen LogP contribution in [0.15, 0.2) is 26.6 Å². The Kier molecular flexibility index (Phi) is 4.79. The molecule has 2 aromatic rings. The molecule has 2 aliphatic rings. The third-order valence-corrected chi connectivity index (χ3v) is 5.92. The van der Waals surface area contributed by atoms with Crippen molar-refractivity contribution < 1.29 is 4.79 Å². The Labute approximate surface area is 164 Å². The first-order chi connectivity index (χ1) is 13.0. The molecule has 8 nitrogen and oxygen atoms in total. The summed E-state index contributed by atoms with van der Waals surface area (Å²) in [7, 11) is 0. The fourth-order valence-electron chi connectivity index (χ4n) is 3.60. The van der Waals surface area contributed by atoms with Gasteiger partial charge in [-0.25, -0.2) is 10.5 Å². The lowest BCUT2D eigenvalue weighted by Crippen LogP contribution is -2.44. The zero-order chi connectivity index (χ0) is 19.0. The average Bonchev–Trinajstić information content (AvgIpc) is 3.54. The quantitative estimate of drug-likeness (QED) is 0.578. The Bertz CT molecular complexity index is 1000. The van der Waals surface area contributed by atoms with Crippen LogP contribution in [0.5, 0.6) is 0 Å². The molecule has 27 heavy (non-hydrogen) atoms. The lowest BCUT2D eigenvalue weighted by Gasteiger charge is -2.13. The number of H-pyrrole nitrogens is 1. The van der Waals surface area contributed by atoms with E-state index in [2.05, 4.69) is 48.9 Å². The van der Waals surface area contributed by atoms with Gasteiger partial charge in [-0.05, 0) is 60.0 Å². The predicted octanol–water partition coefficient (Wildman–Crippen LogP) is 1.91. The van der Waals surface area contributed by atoms with Gasteiger partial charge in [0.05, 0.1) is 10.9 Å². The number of unbranched alkanes of at least 4 members (excludes halogenated alkanes) is 1. The third kappa shape index (κ3) is 3.52. The normalized spacial score (nSPS) is 18.5. The van der Waals surface area contributed by atoms with Crippen molar-refractivity contribution in [2.45, 2.75) is 52.0 Å². The molecule has 0 unspecified atom stereocenters. The van der Waals surface area contributed by atoms with Crippen LogP contribution in [-0.2, 0) is 11.3 Å². The van der Waals surface area contributed by atoms with Gasteiger partial charge in [-0.3, -0.25) is 15.0 Å². The number of aromatic nitrogens is 3. The maximum atomic E-state index is 12.8. The Balaban J connectivity index is 1.61. The number of rotatable bonds is 7. The maximum Gasteiger partial charge on any atom is 0.296 e. The molecule has 0 bridgehead atoms. The van der Waals surface area contributed by atoms with Gasteiger partial charge in [0.15, 0.2) is 5.65 Å². The molecule has 4 rings (SSSR count). The van der Waals surface area contributed by atoms with E-state index in [1.807, 2.05) is 6.07 Å². The van der Waals surface area contributed by atoms with E-state index in [1.54, 1.807) is 10.8 Å². The molecule has 3 N–H and O–H groups in total. The minimum Gasteiger partial charge on any atom is -0.317 e. The minimum atomic E-state index is -0.249. The summed E-state index contributed by atoms with van der Waals surface area (Å²) in [4.78, 5) is 32.5. The summed E-state index contributed by atoms with van der Waals surface area (Å²) in [5.74, 6) is 0.489. The molecule has 2 heterocycles. The number of pyridine rings is 1. The number of nitrogens with one attached hydrogen (secondary N) is 3. The van der Waals surface area contributed by atoms with Crippen LogP contribution in [0, 0.1) is 11.3 Å². The van der Waals surface area contributed by atoms with Crippen LogP contribution < -0.4 is 22.0 Å². The smallest absolute Gasteiger partial charge is 0.296 e. The first kappa shape index (κ1) is 18.2. The Morgan fingerprint density at radius 2 is 2.26 bits per heavy atom. The number of hydrogen-bond acceptors (Lipinski definition) is 5. The van der Waals surface area contributed by atoms with Crippen LogP contribution in [-0.4, -0.2) is 20.4 Å². The van der Waals surface area contributed by atoms with Crippen molar-refractivity contribution in [3.8, 4) is 0 Å². The number of carbonyl (C=O) groups excluding carboxylic acids is 1. The summed E-state index contributed by atoms with van der Waals surface area (Å²) in [6.45, 7) is 2.66. The number of halogens is 1. The van der Waals surface area contributed by atoms with Gasteiger partial charge in [0, 0.05) is 17.2 Å². The summed E-state index contributed by atoms with van der Waals surface area (Å²) in [6.07, 6.45) is 7.65. The molecular formula is C18H23BrN6O2. The second-order valence-electron chi connectivity index (χ2n) is 7.41. The highest BCUT2D eigenvalue weighted by molar-refractivity contribution is 9.10. The van der Waals surface area contributed by atoms with E-state index in [9.17, 15) is 9.59 Å². The molecule has 0 atom stereocenters. The Morgan fingerprint density at radius 1 is 1.48 bits per heavy atom. The number of hydrazine groups is 1. The molecule has 144 valence electrons. The van der Waals surface area contributed by atoms with E-state index in [4.69, 9.17) is 0 Å². The van der Waals surface area contributed by atoms with E-state index < -0.39 is 0 Å². The summed E-state index contributed by atoms with van der Waals surface area (Å²) < 4.78 is 2.47. The van der Waals surface area contributed by atoms with E-state index in [1.165, 1.54) is 0 Å². The average molecular weight is 435 g/mol. The largest absolute Gasteiger partial charge is 0.317 e. The fraction of sp³-hybridized carbons (Fsp3) is 0.556. The van der Waals surface area contributed by atoms with Crippen LogP contribution in [0.4, 0.5) is 0 Å². The Morgan fingerprint density at radius 3 is 2.93 bits per heavy atom. The van der Waals surface area contributed by atoms with Gasteiger partial charge in [0.2, 0.25) is 11.4 Å². The van der Waals surface area contributed by atoms with Gasteiger partial charge in [-0.15, -0.1) is 5.10 Å². The van der Waals surface area contributed by atoms with Crippen LogP contribution in [0.2, 0.25) is 0 Å². The van der Waals surface area contributed by atoms with Gasteiger partial charge in [-0.1, -0.05) is 13.3 Å². The number of aryl methyl sites for hydroxylation is 1. The Hall–Kier alpha value is -2.16. The number of fused-ring (bicyclic) bond motifs is 1. The fourth-order valence-corrected chi connectivity index (χ4v) is 3.92. The van der Waals surface area contributed by atoms with Crippen LogP contribution in [0.3, 0.4) is 0 Å². The number of nitrogens with zero attached hydrogens (tertiary/aromatic N) is 3. The molecule has 0 spiro atoms. The standard InChI is InChI=1S/C18H23BrN6O2/c1-2-3-8-25-13-9-12(19)10-20-14(13)21-15(16(25)26)22-24-23-17(27)18(6-7-18)11-4-5-11/h9-11,24H,2-8H2,1H3,(H,23,27)(H,20,21,22). The van der Waals surface area contributed by atoms with E-state index in [-0.39, 0.29) is 22.4 Å². The maximum absolute atomic E-state index is 12.8. The van der Waals surface area contributed by atoms with Crippen molar-refractivity contribution in [2.24, 2.45) is 16.4 Å². The second kappa shape index (κ2) is 7.10. The van der Waals surface area contributed by atoms with E-state index in [0.29, 0.717) is 18.1 Å². The lowest BCUT2D eigenvalue weighted by atomic mass is 10.0. The minimum absolute atomic E-state index is 0.0251. The summed E-state index contributed by atoms with van der Waals surface area (Å²) >= 11 is 3.40. The molecular weight excluding hydrogens is 412 g/mol. The molecule has 0 aromatic carbocycles. The lowest BCUT2D eigenvalue weighted by molar-refractivity contribution is -0.128. The summed E-state index contributed by atoms with van der Waals surface area (Å²) in [5, 5.41) is 4.09. The zero-order valence-corrected chi connectivity index (χ0v) is 16.8. The highest BCUT2D eigenvalue weighted by atomic mass is 79.9. The van der Waals surface area contributed by atoms with Crippen LogP contribution in [0.25, 0.3) is 11.2 Å². The molecule has 2 aromatic heterocycles. The van der Waals surface area contributed by atoms with Gasteiger partial charge < -0.3 is 9.55 Å². The molecule has 0 radical (unpaired) electrons. The predicted molar refractivity (Wildman–Crippen MR) is 104 cm³/mol. The van der Waals surface area contributed by atoms with Gasteiger partial charge in [0.25, 0.3) is 5.56 Å². The third-order valence-electron chi connectivity index (χ3n) is 5.48. The number of hydrogen-bond donors (Lipinski definition) is 3. The number of carbonyl (C=O) groups is 1. The SMILES string of the molecule is CCCCn1c(=O)/c(=N/NNC(=O)C2(C3CC3)CC2)[nH]c2ncc(Br)cc21. The molecule has 0 aliphatic heterocycles. The molecule has 1 amide bonds. The zero-order valence-electron chi connectivity index (χ0n) is 15.2. The highest BCUT2D eigenvalue weighted by Crippen LogP contribution is 2.61. The monoisotopic (exact) mass is 434 g/mol. The van der Waals surface area contributed by atoms with Crippen molar-refractivity contribution in [2.75, 3.05) is 0 Å². The van der Waals surface area contributed by atoms with Crippen LogP contribution in [0.1, 0.15) is 45.4 Å². The van der Waals surface area contributed by atoms with Gasteiger partial charge in [-0.2, -0.15) is 0 Å². The first-order valence-electron chi connectivity index (χ1n) is 9.43. The molecule has 2 fully saturated rings. The van der Waals surface area contributed by atoms with E-state index >= 15 is 0 Å². The first-order valence-corrected chi connectivity index (χ1v) is 10.2.